The third-order valence-corrected chi connectivity index (χ3v) is 6.50. The molecule has 1 saturated heterocycles. The molecule has 2 N–H and O–H groups in total. The molecule has 0 aliphatic carbocycles. The van der Waals surface area contributed by atoms with E-state index < -0.39 is 12.1 Å². The maximum atomic E-state index is 14.5. The number of hydrogen-bond donors (Lipinski definition) is 2. The van der Waals surface area contributed by atoms with Gasteiger partial charge in [0.15, 0.2) is 5.82 Å². The summed E-state index contributed by atoms with van der Waals surface area (Å²) in [6, 6.07) is 18.3. The van der Waals surface area contributed by atoms with Crippen LogP contribution in [-0.4, -0.2) is 73.3 Å². The van der Waals surface area contributed by atoms with E-state index in [9.17, 15) is 17.6 Å². The van der Waals surface area contributed by atoms with Gasteiger partial charge in [0.1, 0.15) is 12.1 Å². The van der Waals surface area contributed by atoms with Crippen LogP contribution < -0.4 is 10.2 Å². The number of rotatable bonds is 6. The van der Waals surface area contributed by atoms with Crippen LogP contribution in [0.4, 0.5) is 34.9 Å². The van der Waals surface area contributed by atoms with E-state index in [2.05, 4.69) is 35.3 Å². The standard InChI is InChI=1S/C28H25FN8O.C2HF3O2/c1-19-2-3-20(17-31-19)27-32-18-37(35-27)24-6-4-23(5-7-24)33-28-30-9-8-26(34-28)21-14-22(29)16-25(15-21)36-10-12-38-13-11-36;3-2(4,5)1(6)7/h2-9,14-18H,10-13H2,1H3,(H,30,33,34);(H,6,7). The topological polar surface area (TPSA) is 131 Å². The van der Waals surface area contributed by atoms with Crippen molar-refractivity contribution in [3.05, 3.63) is 90.9 Å². The van der Waals surface area contributed by atoms with Gasteiger partial charge < -0.3 is 20.1 Å². The number of hydrogen-bond acceptors (Lipinski definition) is 9. The zero-order chi connectivity index (χ0) is 32.0. The van der Waals surface area contributed by atoms with E-state index in [-0.39, 0.29) is 5.82 Å². The van der Waals surface area contributed by atoms with E-state index >= 15 is 0 Å². The van der Waals surface area contributed by atoms with Crippen molar-refractivity contribution in [2.24, 2.45) is 0 Å². The maximum Gasteiger partial charge on any atom is 0.490 e. The first-order valence-corrected chi connectivity index (χ1v) is 13.5. The molecular weight excluding hydrogens is 596 g/mol. The van der Waals surface area contributed by atoms with Gasteiger partial charge in [-0.3, -0.25) is 4.98 Å². The van der Waals surface area contributed by atoms with Gasteiger partial charge in [-0.25, -0.2) is 28.8 Å². The van der Waals surface area contributed by atoms with Crippen LogP contribution in [0.15, 0.2) is 79.4 Å². The quantitative estimate of drug-likeness (QED) is 0.236. The Hall–Kier alpha value is -5.44. The number of carbonyl (C=O) groups is 1. The highest BCUT2D eigenvalue weighted by atomic mass is 19.4. The molecule has 0 bridgehead atoms. The van der Waals surface area contributed by atoms with Crippen LogP contribution in [0.1, 0.15) is 5.69 Å². The van der Waals surface area contributed by atoms with Crippen LogP contribution in [0.5, 0.6) is 0 Å². The normalized spacial score (nSPS) is 13.1. The first-order chi connectivity index (χ1) is 21.5. The van der Waals surface area contributed by atoms with E-state index in [1.165, 1.54) is 6.07 Å². The lowest BCUT2D eigenvalue weighted by atomic mass is 10.1. The Morgan fingerprint density at radius 2 is 1.67 bits per heavy atom. The molecule has 1 aliphatic rings. The molecule has 15 heteroatoms. The summed E-state index contributed by atoms with van der Waals surface area (Å²) in [5.41, 5.74) is 5.62. The molecule has 0 saturated carbocycles. The number of nitrogens with one attached hydrogen (secondary N) is 1. The molecule has 0 spiro atoms. The van der Waals surface area contributed by atoms with Gasteiger partial charge in [0.2, 0.25) is 5.95 Å². The van der Waals surface area contributed by atoms with Crippen molar-refractivity contribution in [3.8, 4) is 28.3 Å². The Morgan fingerprint density at radius 3 is 2.33 bits per heavy atom. The van der Waals surface area contributed by atoms with Gasteiger partial charge in [0, 0.05) is 53.7 Å². The molecule has 0 unspecified atom stereocenters. The summed E-state index contributed by atoms with van der Waals surface area (Å²) in [5.74, 6) is -2.03. The molecular formula is C30H26F4N8O3. The zero-order valence-electron chi connectivity index (χ0n) is 23.7. The molecule has 232 valence electrons. The number of pyridine rings is 1. The molecule has 0 atom stereocenters. The minimum atomic E-state index is -5.08. The largest absolute Gasteiger partial charge is 0.490 e. The number of carboxylic acids is 1. The van der Waals surface area contributed by atoms with Crippen molar-refractivity contribution in [1.29, 1.82) is 0 Å². The van der Waals surface area contributed by atoms with E-state index in [0.717, 1.165) is 41.4 Å². The molecule has 11 nitrogen and oxygen atoms in total. The summed E-state index contributed by atoms with van der Waals surface area (Å²) in [4.78, 5) is 28.7. The predicted octanol–water partition coefficient (Wildman–Crippen LogP) is 5.45. The summed E-state index contributed by atoms with van der Waals surface area (Å²) in [7, 11) is 0. The number of aliphatic carboxylic acids is 1. The smallest absolute Gasteiger partial charge is 0.475 e. The third kappa shape index (κ3) is 8.14. The van der Waals surface area contributed by atoms with Crippen LogP contribution in [0.25, 0.3) is 28.3 Å². The van der Waals surface area contributed by atoms with Crippen LogP contribution in [-0.2, 0) is 9.53 Å². The van der Waals surface area contributed by atoms with Crippen molar-refractivity contribution in [2.75, 3.05) is 36.5 Å². The summed E-state index contributed by atoms with van der Waals surface area (Å²) in [6.45, 7) is 4.67. The predicted molar refractivity (Wildman–Crippen MR) is 157 cm³/mol. The van der Waals surface area contributed by atoms with Crippen molar-refractivity contribution >= 4 is 23.3 Å². The Bertz CT molecular complexity index is 1760. The average Bonchev–Trinajstić information content (AvgIpc) is 3.52. The minimum Gasteiger partial charge on any atom is -0.475 e. The fraction of sp³-hybridized carbons (Fsp3) is 0.200. The third-order valence-electron chi connectivity index (χ3n) is 6.50. The molecule has 1 aliphatic heterocycles. The van der Waals surface area contributed by atoms with E-state index in [1.807, 2.05) is 49.4 Å². The Kier molecular flexibility index (Phi) is 9.28. The molecule has 0 radical (unpaired) electrons. The van der Waals surface area contributed by atoms with Gasteiger partial charge in [0.05, 0.1) is 24.6 Å². The summed E-state index contributed by atoms with van der Waals surface area (Å²) in [6.07, 6.45) is 0.0208. The highest BCUT2D eigenvalue weighted by molar-refractivity contribution is 5.73. The lowest BCUT2D eigenvalue weighted by Crippen LogP contribution is -2.36. The zero-order valence-corrected chi connectivity index (χ0v) is 23.7. The molecule has 1 fully saturated rings. The first-order valence-electron chi connectivity index (χ1n) is 13.5. The van der Waals surface area contributed by atoms with E-state index in [1.54, 1.807) is 35.5 Å². The monoisotopic (exact) mass is 622 g/mol. The Labute approximate surface area is 254 Å². The Balaban J connectivity index is 0.000000515. The van der Waals surface area contributed by atoms with Gasteiger partial charge in [-0.1, -0.05) is 0 Å². The SMILES string of the molecule is Cc1ccc(-c2ncn(-c3ccc(Nc4nccc(-c5cc(F)cc(N6CCOCC6)c5)n4)cc3)n2)cn1.O=C(O)C(F)(F)F. The fourth-order valence-electron chi connectivity index (χ4n) is 4.25. The van der Waals surface area contributed by atoms with Crippen LogP contribution in [0.2, 0.25) is 0 Å². The number of nitrogens with zero attached hydrogens (tertiary/aromatic N) is 7. The highest BCUT2D eigenvalue weighted by Gasteiger charge is 2.38. The average molecular weight is 623 g/mol. The van der Waals surface area contributed by atoms with E-state index in [4.69, 9.17) is 14.6 Å². The lowest BCUT2D eigenvalue weighted by Gasteiger charge is -2.29. The maximum absolute atomic E-state index is 14.5. The minimum absolute atomic E-state index is 0.303. The van der Waals surface area contributed by atoms with Gasteiger partial charge in [0.25, 0.3) is 0 Å². The lowest BCUT2D eigenvalue weighted by molar-refractivity contribution is -0.192. The number of halogens is 4. The molecule has 3 aromatic heterocycles. The number of ether oxygens (including phenoxy) is 1. The highest BCUT2D eigenvalue weighted by Crippen LogP contribution is 2.27. The molecule has 5 aromatic rings. The Morgan fingerprint density at radius 1 is 0.933 bits per heavy atom. The number of morpholine rings is 1. The van der Waals surface area contributed by atoms with Gasteiger partial charge in [-0.15, -0.1) is 5.10 Å². The van der Waals surface area contributed by atoms with Gasteiger partial charge in [-0.2, -0.15) is 13.2 Å². The van der Waals surface area contributed by atoms with Crippen LogP contribution >= 0.6 is 0 Å². The molecule has 2 aromatic carbocycles. The number of aryl methyl sites for hydroxylation is 1. The second-order valence-corrected chi connectivity index (χ2v) is 9.74. The van der Waals surface area contributed by atoms with Gasteiger partial charge in [-0.05, 0) is 67.6 Å². The number of carboxylic acid groups (broad SMARTS) is 1. The first kappa shape index (κ1) is 31.0. The summed E-state index contributed by atoms with van der Waals surface area (Å²) >= 11 is 0. The molecule has 4 heterocycles. The molecule has 0 amide bonds. The molecule has 6 rings (SSSR count). The second-order valence-electron chi connectivity index (χ2n) is 9.74. The number of aromatic nitrogens is 6. The second kappa shape index (κ2) is 13.5. The van der Waals surface area contributed by atoms with E-state index in [0.29, 0.717) is 36.2 Å². The number of anilines is 3. The van der Waals surface area contributed by atoms with Crippen LogP contribution in [0.3, 0.4) is 0 Å². The molecule has 45 heavy (non-hydrogen) atoms. The van der Waals surface area contributed by atoms with Crippen molar-refractivity contribution < 1.29 is 32.2 Å². The fourth-order valence-corrected chi connectivity index (χ4v) is 4.25. The summed E-state index contributed by atoms with van der Waals surface area (Å²) < 4.78 is 53.3. The summed E-state index contributed by atoms with van der Waals surface area (Å²) in [5, 5.41) is 14.9. The van der Waals surface area contributed by atoms with Crippen molar-refractivity contribution in [1.82, 2.24) is 29.7 Å². The number of alkyl halides is 3. The van der Waals surface area contributed by atoms with Crippen molar-refractivity contribution in [3.63, 3.8) is 0 Å². The number of benzene rings is 2. The van der Waals surface area contributed by atoms with Crippen molar-refractivity contribution in [2.45, 2.75) is 13.1 Å². The van der Waals surface area contributed by atoms with Crippen LogP contribution in [0, 0.1) is 12.7 Å². The van der Waals surface area contributed by atoms with Gasteiger partial charge >= 0.3 is 12.1 Å².